The summed E-state index contributed by atoms with van der Waals surface area (Å²) in [6.07, 6.45) is 1.55. The van der Waals surface area contributed by atoms with E-state index in [0.29, 0.717) is 23.6 Å². The van der Waals surface area contributed by atoms with Crippen LogP contribution in [-0.4, -0.2) is 33.4 Å². The topological polar surface area (TPSA) is 62.6 Å². The van der Waals surface area contributed by atoms with Crippen molar-refractivity contribution in [3.05, 3.63) is 29.7 Å². The van der Waals surface area contributed by atoms with Gasteiger partial charge in [-0.25, -0.2) is 8.42 Å². The predicted molar refractivity (Wildman–Crippen MR) is 71.0 cm³/mol. The second kappa shape index (κ2) is 5.69. The van der Waals surface area contributed by atoms with E-state index < -0.39 is 10.0 Å². The van der Waals surface area contributed by atoms with E-state index in [0.717, 1.165) is 0 Å². The number of rotatable bonds is 6. The maximum absolute atomic E-state index is 12.4. The van der Waals surface area contributed by atoms with Gasteiger partial charge >= 0.3 is 0 Å². The molecule has 0 spiro atoms. The molecule has 1 aromatic heterocycles. The third-order valence-electron chi connectivity index (χ3n) is 2.73. The van der Waals surface area contributed by atoms with Crippen LogP contribution in [0.15, 0.2) is 22.0 Å². The molecule has 5 nitrogen and oxygen atoms in total. The fraction of sp³-hybridized carbons (Fsp3) is 0.500. The first kappa shape index (κ1) is 14.9. The highest BCUT2D eigenvalue weighted by Crippen LogP contribution is 2.28. The predicted octanol–water partition coefficient (Wildman–Crippen LogP) is 1.42. The molecule has 1 rings (SSSR count). The molecule has 0 radical (unpaired) electrons. The van der Waals surface area contributed by atoms with E-state index in [2.05, 4.69) is 11.9 Å². The molecule has 0 atom stereocenters. The average molecular weight is 272 g/mol. The van der Waals surface area contributed by atoms with Crippen LogP contribution in [0.1, 0.15) is 17.1 Å². The van der Waals surface area contributed by atoms with Gasteiger partial charge in [-0.15, -0.1) is 6.58 Å². The Bertz CT molecular complexity index is 532. The Morgan fingerprint density at radius 1 is 1.39 bits per heavy atom. The summed E-state index contributed by atoms with van der Waals surface area (Å²) in [5, 5.41) is 2.96. The molecule has 0 unspecified atom stereocenters. The van der Waals surface area contributed by atoms with E-state index in [1.807, 2.05) is 0 Å². The van der Waals surface area contributed by atoms with Gasteiger partial charge in [0, 0.05) is 25.7 Å². The Morgan fingerprint density at radius 2 is 2.00 bits per heavy atom. The molecule has 0 aliphatic rings. The molecule has 0 aliphatic carbocycles. The van der Waals surface area contributed by atoms with Gasteiger partial charge in [0.1, 0.15) is 16.4 Å². The molecule has 18 heavy (non-hydrogen) atoms. The van der Waals surface area contributed by atoms with Gasteiger partial charge in [0.05, 0.1) is 0 Å². The van der Waals surface area contributed by atoms with Crippen molar-refractivity contribution >= 4 is 10.0 Å². The minimum Gasteiger partial charge on any atom is -0.465 e. The van der Waals surface area contributed by atoms with Gasteiger partial charge in [0.15, 0.2) is 0 Å². The number of likely N-dealkylation sites (N-methyl/N-ethyl adjacent to an activating group) is 1. The van der Waals surface area contributed by atoms with E-state index in [9.17, 15) is 8.42 Å². The van der Waals surface area contributed by atoms with Gasteiger partial charge < -0.3 is 9.73 Å². The van der Waals surface area contributed by atoms with Crippen LogP contribution in [0, 0.1) is 13.8 Å². The lowest BCUT2D eigenvalue weighted by molar-refractivity contribution is 0.481. The lowest BCUT2D eigenvalue weighted by atomic mass is 10.2. The Kier molecular flexibility index (Phi) is 4.72. The molecule has 1 N–H and O–H groups in total. The Hall–Kier alpha value is -1.11. The SMILES string of the molecule is C=CCN(C)S(=O)(=O)c1c(C)oc(C)c1CNC. The molecule has 0 saturated heterocycles. The van der Waals surface area contributed by atoms with Gasteiger partial charge in [-0.3, -0.25) is 0 Å². The number of nitrogens with zero attached hydrogens (tertiary/aromatic N) is 1. The van der Waals surface area contributed by atoms with Crippen LogP contribution in [0.2, 0.25) is 0 Å². The normalized spacial score (nSPS) is 12.1. The summed E-state index contributed by atoms with van der Waals surface area (Å²) < 4.78 is 31.6. The fourth-order valence-electron chi connectivity index (χ4n) is 1.86. The number of aryl methyl sites for hydroxylation is 2. The van der Waals surface area contributed by atoms with E-state index in [1.54, 1.807) is 27.0 Å². The van der Waals surface area contributed by atoms with E-state index in [1.165, 1.54) is 11.4 Å². The maximum Gasteiger partial charge on any atom is 0.246 e. The van der Waals surface area contributed by atoms with Crippen LogP contribution < -0.4 is 5.32 Å². The highest BCUT2D eigenvalue weighted by Gasteiger charge is 2.29. The second-order valence-electron chi connectivity index (χ2n) is 4.13. The lowest BCUT2D eigenvalue weighted by Gasteiger charge is -2.15. The van der Waals surface area contributed by atoms with Crippen LogP contribution in [0.5, 0.6) is 0 Å². The summed E-state index contributed by atoms with van der Waals surface area (Å²) in [7, 11) is -0.236. The first-order chi connectivity index (χ1) is 8.36. The van der Waals surface area contributed by atoms with Gasteiger partial charge in [-0.2, -0.15) is 4.31 Å². The molecule has 0 fully saturated rings. The summed E-state index contributed by atoms with van der Waals surface area (Å²) >= 11 is 0. The number of nitrogens with one attached hydrogen (secondary N) is 1. The molecular weight excluding hydrogens is 252 g/mol. The van der Waals surface area contributed by atoms with E-state index in [-0.39, 0.29) is 11.4 Å². The Morgan fingerprint density at radius 3 is 2.50 bits per heavy atom. The summed E-state index contributed by atoms with van der Waals surface area (Å²) in [4.78, 5) is 0.263. The maximum atomic E-state index is 12.4. The van der Waals surface area contributed by atoms with Crippen molar-refractivity contribution in [3.8, 4) is 0 Å². The van der Waals surface area contributed by atoms with Crippen LogP contribution in [0.25, 0.3) is 0 Å². The van der Waals surface area contributed by atoms with Gasteiger partial charge in [0.2, 0.25) is 10.0 Å². The third kappa shape index (κ3) is 2.66. The van der Waals surface area contributed by atoms with Crippen LogP contribution in [-0.2, 0) is 16.6 Å². The first-order valence-electron chi connectivity index (χ1n) is 5.67. The number of furan rings is 1. The molecule has 0 aromatic carbocycles. The summed E-state index contributed by atoms with van der Waals surface area (Å²) in [5.41, 5.74) is 0.686. The standard InChI is InChI=1S/C12H20N2O3S/c1-6-7-14(5)18(15,16)12-10(3)17-9(2)11(12)8-13-4/h6,13H,1,7-8H2,2-5H3. The van der Waals surface area contributed by atoms with Crippen molar-refractivity contribution < 1.29 is 12.8 Å². The Balaban J connectivity index is 3.35. The number of hydrogen-bond donors (Lipinski definition) is 1. The number of sulfonamides is 1. The quantitative estimate of drug-likeness (QED) is 0.796. The van der Waals surface area contributed by atoms with Gasteiger partial charge in [-0.1, -0.05) is 6.08 Å². The third-order valence-corrected chi connectivity index (χ3v) is 4.75. The molecule has 0 saturated carbocycles. The minimum absolute atomic E-state index is 0.263. The monoisotopic (exact) mass is 272 g/mol. The van der Waals surface area contributed by atoms with Crippen molar-refractivity contribution in [1.82, 2.24) is 9.62 Å². The van der Waals surface area contributed by atoms with E-state index in [4.69, 9.17) is 4.42 Å². The van der Waals surface area contributed by atoms with Crippen molar-refractivity contribution in [2.75, 3.05) is 20.6 Å². The molecule has 0 aliphatic heterocycles. The zero-order chi connectivity index (χ0) is 13.9. The number of hydrogen-bond acceptors (Lipinski definition) is 4. The Labute approximate surface area is 109 Å². The van der Waals surface area contributed by atoms with Crippen LogP contribution in [0.3, 0.4) is 0 Å². The van der Waals surface area contributed by atoms with Gasteiger partial charge in [-0.05, 0) is 20.9 Å². The minimum atomic E-state index is -3.54. The highest BCUT2D eigenvalue weighted by atomic mass is 32.2. The van der Waals surface area contributed by atoms with Crippen LogP contribution in [0.4, 0.5) is 0 Å². The zero-order valence-electron chi connectivity index (χ0n) is 11.3. The zero-order valence-corrected chi connectivity index (χ0v) is 12.1. The smallest absolute Gasteiger partial charge is 0.246 e. The molecule has 1 heterocycles. The summed E-state index contributed by atoms with van der Waals surface area (Å²) in [5.74, 6) is 1.06. The molecule has 6 heteroatoms. The van der Waals surface area contributed by atoms with Crippen LogP contribution >= 0.6 is 0 Å². The fourth-order valence-corrected chi connectivity index (χ4v) is 3.41. The summed E-state index contributed by atoms with van der Waals surface area (Å²) in [6, 6.07) is 0. The molecule has 102 valence electrons. The van der Waals surface area contributed by atoms with E-state index >= 15 is 0 Å². The summed E-state index contributed by atoms with van der Waals surface area (Å²) in [6.45, 7) is 7.72. The largest absolute Gasteiger partial charge is 0.465 e. The van der Waals surface area contributed by atoms with Crippen molar-refractivity contribution in [1.29, 1.82) is 0 Å². The highest BCUT2D eigenvalue weighted by molar-refractivity contribution is 7.89. The van der Waals surface area contributed by atoms with Crippen molar-refractivity contribution in [2.45, 2.75) is 25.3 Å². The first-order valence-corrected chi connectivity index (χ1v) is 7.11. The second-order valence-corrected chi connectivity index (χ2v) is 6.11. The van der Waals surface area contributed by atoms with Crippen molar-refractivity contribution in [3.63, 3.8) is 0 Å². The lowest BCUT2D eigenvalue weighted by Crippen LogP contribution is -2.28. The molecule has 0 amide bonds. The molecule has 0 bridgehead atoms. The molecule has 1 aromatic rings. The average Bonchev–Trinajstić information content (AvgIpc) is 2.55. The van der Waals surface area contributed by atoms with Crippen molar-refractivity contribution in [2.24, 2.45) is 0 Å². The van der Waals surface area contributed by atoms with Gasteiger partial charge in [0.25, 0.3) is 0 Å². The molecular formula is C12H20N2O3S.